The van der Waals surface area contributed by atoms with Gasteiger partial charge in [0.05, 0.1) is 11.9 Å². The fraction of sp³-hybridized carbons (Fsp3) is 0.190. The first-order valence-corrected chi connectivity index (χ1v) is 16.6. The van der Waals surface area contributed by atoms with Gasteiger partial charge in [-0.05, 0) is 64.6 Å². The van der Waals surface area contributed by atoms with E-state index in [1.54, 1.807) is 6.20 Å². The van der Waals surface area contributed by atoms with E-state index in [9.17, 15) is 0 Å². The number of pyridine rings is 3. The first-order valence-electron chi connectivity index (χ1n) is 16.6. The molecule has 50 heavy (non-hydrogen) atoms. The summed E-state index contributed by atoms with van der Waals surface area (Å²) in [6.45, 7) is 15.2. The van der Waals surface area contributed by atoms with Crippen molar-refractivity contribution in [3.63, 3.8) is 0 Å². The van der Waals surface area contributed by atoms with Gasteiger partial charge in [-0.15, -0.1) is 48.1 Å². The maximum Gasteiger partial charge on any atom is 0.135 e. The first-order chi connectivity index (χ1) is 23.7. The maximum atomic E-state index is 6.48. The van der Waals surface area contributed by atoms with Crippen molar-refractivity contribution in [1.29, 1.82) is 0 Å². The minimum absolute atomic E-state index is 0. The molecule has 1 aliphatic rings. The predicted molar refractivity (Wildman–Crippen MR) is 197 cm³/mol. The van der Waals surface area contributed by atoms with Crippen molar-refractivity contribution < 1.29 is 25.8 Å². The molecule has 254 valence electrons. The van der Waals surface area contributed by atoms with Crippen LogP contribution in [-0.4, -0.2) is 19.5 Å². The predicted octanol–water partition coefficient (Wildman–Crippen LogP) is 10.5. The molecule has 3 aromatic carbocycles. The summed E-state index contributed by atoms with van der Waals surface area (Å²) in [4.78, 5) is 18.3. The Morgan fingerprint density at radius 1 is 0.780 bits per heavy atom. The molecule has 0 unspecified atom stereocenters. The van der Waals surface area contributed by atoms with Crippen LogP contribution in [0.1, 0.15) is 57.2 Å². The number of hydrogen-bond acceptors (Lipinski definition) is 6. The van der Waals surface area contributed by atoms with E-state index in [1.165, 1.54) is 11.1 Å². The molecular formula is C42H37N6OPt-3. The van der Waals surface area contributed by atoms with Crippen LogP contribution in [0.25, 0.3) is 27.6 Å². The molecule has 0 amide bonds. The zero-order valence-electron chi connectivity index (χ0n) is 28.9. The molecule has 0 bridgehead atoms. The quantitative estimate of drug-likeness (QED) is 0.156. The number of para-hydroxylation sites is 1. The van der Waals surface area contributed by atoms with E-state index in [2.05, 4.69) is 122 Å². The zero-order chi connectivity index (χ0) is 33.9. The fourth-order valence-electron chi connectivity index (χ4n) is 6.46. The van der Waals surface area contributed by atoms with Crippen molar-refractivity contribution in [3.05, 3.63) is 139 Å². The van der Waals surface area contributed by atoms with Crippen LogP contribution in [0, 0.1) is 25.7 Å². The number of hydrogen-bond donors (Lipinski definition) is 0. The van der Waals surface area contributed by atoms with E-state index >= 15 is 0 Å². The maximum absolute atomic E-state index is 6.48. The molecule has 8 heteroatoms. The molecule has 5 heterocycles. The molecule has 0 atom stereocenters. The Morgan fingerprint density at radius 3 is 2.40 bits per heavy atom. The number of fused-ring (bicyclic) bond motifs is 4. The van der Waals surface area contributed by atoms with Crippen LogP contribution in [0.4, 0.5) is 22.9 Å². The van der Waals surface area contributed by atoms with E-state index in [0.717, 1.165) is 56.1 Å². The summed E-state index contributed by atoms with van der Waals surface area (Å²) >= 11 is 0. The van der Waals surface area contributed by atoms with E-state index in [-0.39, 0.29) is 26.5 Å². The van der Waals surface area contributed by atoms with E-state index in [1.807, 2.05) is 55.6 Å². The summed E-state index contributed by atoms with van der Waals surface area (Å²) in [6.07, 6.45) is 7.53. The second-order valence-corrected chi connectivity index (χ2v) is 13.9. The minimum Gasteiger partial charge on any atom is -0.509 e. The average molecular weight is 837 g/mol. The summed E-state index contributed by atoms with van der Waals surface area (Å²) < 4.78 is 8.66. The number of nitrogens with zero attached hydrogens (tertiary/aromatic N) is 6. The molecule has 8 rings (SSSR count). The van der Waals surface area contributed by atoms with Gasteiger partial charge in [0.25, 0.3) is 0 Å². The fourth-order valence-corrected chi connectivity index (χ4v) is 6.46. The third-order valence-corrected chi connectivity index (χ3v) is 9.12. The molecule has 0 radical (unpaired) electrons. The van der Waals surface area contributed by atoms with Gasteiger partial charge >= 0.3 is 0 Å². The topological polar surface area (TPSA) is 59.3 Å². The molecule has 0 N–H and O–H groups in total. The summed E-state index contributed by atoms with van der Waals surface area (Å²) in [5.41, 5.74) is 8.28. The van der Waals surface area contributed by atoms with Gasteiger partial charge in [-0.2, -0.15) is 12.1 Å². The SMILES string of the molecule is Cc1cc(C(C)C)cnc1N1[CH-]N(c2[c-]c(Oc3[c-]c4c(cc3)c3ccccc3n4-c3cc(C(C)(C)C)ccn3)ccc2)c2ccncc21.[Pt]. The summed E-state index contributed by atoms with van der Waals surface area (Å²) in [5.74, 6) is 3.31. The van der Waals surface area contributed by atoms with Gasteiger partial charge in [-0.3, -0.25) is 4.98 Å². The molecule has 7 nitrogen and oxygen atoms in total. The third kappa shape index (κ3) is 5.94. The van der Waals surface area contributed by atoms with Crippen LogP contribution >= 0.6 is 0 Å². The molecule has 7 aromatic rings. The Kier molecular flexibility index (Phi) is 8.73. The summed E-state index contributed by atoms with van der Waals surface area (Å²) in [6, 6.07) is 34.0. The Bertz CT molecular complexity index is 2360. The Balaban J connectivity index is 0.00000392. The average Bonchev–Trinajstić information content (AvgIpc) is 3.64. The zero-order valence-corrected chi connectivity index (χ0v) is 31.1. The molecule has 0 aliphatic carbocycles. The molecule has 0 saturated carbocycles. The number of aromatic nitrogens is 4. The van der Waals surface area contributed by atoms with Crippen molar-refractivity contribution in [2.24, 2.45) is 0 Å². The van der Waals surface area contributed by atoms with E-state index < -0.39 is 0 Å². The van der Waals surface area contributed by atoms with Crippen molar-refractivity contribution in [2.45, 2.75) is 52.9 Å². The molecule has 0 saturated heterocycles. The smallest absolute Gasteiger partial charge is 0.135 e. The Hall–Kier alpha value is -5.00. The van der Waals surface area contributed by atoms with E-state index in [4.69, 9.17) is 14.7 Å². The van der Waals surface area contributed by atoms with Crippen molar-refractivity contribution in [2.75, 3.05) is 9.80 Å². The number of rotatable bonds is 6. The van der Waals surface area contributed by atoms with Gasteiger partial charge in [-0.25, -0.2) is 9.97 Å². The number of benzene rings is 3. The second kappa shape index (κ2) is 13.0. The Morgan fingerprint density at radius 2 is 1.60 bits per heavy atom. The van der Waals surface area contributed by atoms with Crippen molar-refractivity contribution >= 4 is 44.7 Å². The van der Waals surface area contributed by atoms with Crippen LogP contribution in [0.5, 0.6) is 11.5 Å². The van der Waals surface area contributed by atoms with Crippen LogP contribution in [0.3, 0.4) is 0 Å². The van der Waals surface area contributed by atoms with Crippen LogP contribution < -0.4 is 14.5 Å². The molecule has 0 fully saturated rings. The standard InChI is InChI=1S/C42H37N6O.Pt/c1-27(2)29-20-28(3)41(45-24-29)47-26-46(37-17-18-43-25-39(37)47)31-10-9-11-32(22-31)49-33-14-15-35-34-12-7-8-13-36(34)48(38(35)23-33)40-21-30(16-19-44-40)42(4,5)6;/h7-21,24-27H,1-6H3;/q-3;. The van der Waals surface area contributed by atoms with Crippen molar-refractivity contribution in [1.82, 2.24) is 19.5 Å². The second-order valence-electron chi connectivity index (χ2n) is 13.9. The summed E-state index contributed by atoms with van der Waals surface area (Å²) in [7, 11) is 0. The third-order valence-electron chi connectivity index (χ3n) is 9.12. The number of aryl methyl sites for hydroxylation is 1. The minimum atomic E-state index is -0.0101. The van der Waals surface area contributed by atoms with Crippen LogP contribution in [-0.2, 0) is 26.5 Å². The van der Waals surface area contributed by atoms with Crippen LogP contribution in [0.15, 0.2) is 104 Å². The molecule has 0 spiro atoms. The number of ether oxygens (including phenoxy) is 1. The summed E-state index contributed by atoms with van der Waals surface area (Å²) in [5, 5.41) is 2.23. The largest absolute Gasteiger partial charge is 0.509 e. The van der Waals surface area contributed by atoms with Gasteiger partial charge < -0.3 is 19.1 Å². The van der Waals surface area contributed by atoms with Gasteiger partial charge in [0.1, 0.15) is 11.6 Å². The monoisotopic (exact) mass is 836 g/mol. The molecule has 1 aliphatic heterocycles. The Labute approximate surface area is 307 Å². The van der Waals surface area contributed by atoms with E-state index in [0.29, 0.717) is 17.4 Å². The van der Waals surface area contributed by atoms with Gasteiger partial charge in [-0.1, -0.05) is 64.4 Å². The number of anilines is 4. The van der Waals surface area contributed by atoms with Crippen LogP contribution in [0.2, 0.25) is 0 Å². The molecule has 4 aromatic heterocycles. The van der Waals surface area contributed by atoms with Gasteiger partial charge in [0.15, 0.2) is 0 Å². The van der Waals surface area contributed by atoms with Crippen molar-refractivity contribution in [3.8, 4) is 17.3 Å². The first kappa shape index (κ1) is 33.5. The molecular weight excluding hydrogens is 800 g/mol. The van der Waals surface area contributed by atoms with Gasteiger partial charge in [0.2, 0.25) is 0 Å². The van der Waals surface area contributed by atoms with Gasteiger partial charge in [0, 0.05) is 62.4 Å². The normalized spacial score (nSPS) is 12.9.